The van der Waals surface area contributed by atoms with Gasteiger partial charge in [0.05, 0.1) is 28.1 Å². The smallest absolute Gasteiger partial charge is 0.335 e. The highest BCUT2D eigenvalue weighted by atomic mass is 16.3. The molecule has 10 heteroatoms. The van der Waals surface area contributed by atoms with Crippen molar-refractivity contribution in [2.75, 3.05) is 18.0 Å². The Morgan fingerprint density at radius 1 is 0.943 bits per heavy atom. The molecule has 4 rings (SSSR count). The topological polar surface area (TPSA) is 139 Å². The van der Waals surface area contributed by atoms with E-state index in [9.17, 15) is 19.5 Å². The van der Waals surface area contributed by atoms with Gasteiger partial charge in [0.15, 0.2) is 0 Å². The third-order valence-corrected chi connectivity index (χ3v) is 6.03. The minimum Gasteiger partial charge on any atom is -0.493 e. The van der Waals surface area contributed by atoms with Crippen LogP contribution in [0.1, 0.15) is 36.1 Å². The number of hydrogen-bond donors (Lipinski definition) is 4. The van der Waals surface area contributed by atoms with Gasteiger partial charge in [-0.3, -0.25) is 14.8 Å². The maximum atomic E-state index is 12.7. The van der Waals surface area contributed by atoms with Gasteiger partial charge in [0, 0.05) is 19.3 Å². The third kappa shape index (κ3) is 4.30. The third-order valence-electron chi connectivity index (χ3n) is 6.03. The molecule has 0 aliphatic carbocycles. The SMILES string of the molecule is CCN(CC)c1cc2[nH]c(=O)[nH]c2cc1N=Cc1c(O)n(-c2c(C)cc(C)cc2C)c(=O)[nH]c1=O. The van der Waals surface area contributed by atoms with E-state index < -0.39 is 17.1 Å². The molecule has 2 aromatic carbocycles. The molecule has 2 heterocycles. The Hall–Kier alpha value is -4.34. The van der Waals surface area contributed by atoms with Crippen molar-refractivity contribution in [3.05, 3.63) is 77.8 Å². The summed E-state index contributed by atoms with van der Waals surface area (Å²) in [5, 5.41) is 11.0. The van der Waals surface area contributed by atoms with Crippen molar-refractivity contribution in [3.8, 4) is 11.6 Å². The van der Waals surface area contributed by atoms with Gasteiger partial charge in [-0.05, 0) is 57.9 Å². The van der Waals surface area contributed by atoms with Gasteiger partial charge in [-0.15, -0.1) is 0 Å². The summed E-state index contributed by atoms with van der Waals surface area (Å²) >= 11 is 0. The lowest BCUT2D eigenvalue weighted by atomic mass is 10.0. The van der Waals surface area contributed by atoms with Crippen molar-refractivity contribution in [2.24, 2.45) is 4.99 Å². The molecule has 0 radical (unpaired) electrons. The average molecular weight is 477 g/mol. The number of rotatable bonds is 6. The molecule has 2 aromatic heterocycles. The van der Waals surface area contributed by atoms with Crippen LogP contribution in [0, 0.1) is 20.8 Å². The maximum Gasteiger partial charge on any atom is 0.335 e. The zero-order chi connectivity index (χ0) is 25.4. The predicted molar refractivity (Wildman–Crippen MR) is 138 cm³/mol. The van der Waals surface area contributed by atoms with E-state index in [0.29, 0.717) is 35.5 Å². The molecule has 0 aliphatic heterocycles. The van der Waals surface area contributed by atoms with Gasteiger partial charge in [0.25, 0.3) is 5.56 Å². The molecular formula is C25H28N6O4. The zero-order valence-corrected chi connectivity index (χ0v) is 20.3. The summed E-state index contributed by atoms with van der Waals surface area (Å²) in [7, 11) is 0. The molecule has 0 saturated carbocycles. The molecule has 0 unspecified atom stereocenters. The summed E-state index contributed by atoms with van der Waals surface area (Å²) < 4.78 is 1.09. The van der Waals surface area contributed by atoms with Gasteiger partial charge >= 0.3 is 11.4 Å². The van der Waals surface area contributed by atoms with E-state index in [-0.39, 0.29) is 11.3 Å². The number of nitrogens with one attached hydrogen (secondary N) is 3. The fourth-order valence-corrected chi connectivity index (χ4v) is 4.50. The Kier molecular flexibility index (Phi) is 6.21. The first kappa shape index (κ1) is 23.8. The van der Waals surface area contributed by atoms with Crippen LogP contribution in [0.4, 0.5) is 11.4 Å². The number of aromatic amines is 3. The van der Waals surface area contributed by atoms with Gasteiger partial charge in [0.1, 0.15) is 5.56 Å². The minimum atomic E-state index is -0.754. The minimum absolute atomic E-state index is 0.155. The molecule has 10 nitrogen and oxygen atoms in total. The molecule has 0 spiro atoms. The number of aliphatic imine (C=N–C) groups is 1. The highest BCUT2D eigenvalue weighted by molar-refractivity contribution is 5.91. The summed E-state index contributed by atoms with van der Waals surface area (Å²) in [6.45, 7) is 11.0. The number of H-pyrrole nitrogens is 3. The van der Waals surface area contributed by atoms with E-state index in [0.717, 1.165) is 26.9 Å². The first-order valence-electron chi connectivity index (χ1n) is 11.4. The Morgan fingerprint density at radius 3 is 2.14 bits per heavy atom. The maximum absolute atomic E-state index is 12.7. The zero-order valence-electron chi connectivity index (χ0n) is 20.3. The van der Waals surface area contributed by atoms with E-state index >= 15 is 0 Å². The van der Waals surface area contributed by atoms with Gasteiger partial charge in [0.2, 0.25) is 5.88 Å². The molecule has 0 atom stereocenters. The van der Waals surface area contributed by atoms with Crippen molar-refractivity contribution < 1.29 is 5.11 Å². The average Bonchev–Trinajstić information content (AvgIpc) is 3.14. The molecule has 0 amide bonds. The summed E-state index contributed by atoms with van der Waals surface area (Å²) in [5.41, 5.74) is 3.53. The van der Waals surface area contributed by atoms with E-state index in [2.05, 4.69) is 24.8 Å². The van der Waals surface area contributed by atoms with E-state index in [1.165, 1.54) is 6.21 Å². The van der Waals surface area contributed by atoms with E-state index in [1.54, 1.807) is 6.07 Å². The van der Waals surface area contributed by atoms with E-state index in [1.807, 2.05) is 52.8 Å². The van der Waals surface area contributed by atoms with Crippen molar-refractivity contribution in [3.63, 3.8) is 0 Å². The molecule has 4 aromatic rings. The fourth-order valence-electron chi connectivity index (χ4n) is 4.50. The summed E-state index contributed by atoms with van der Waals surface area (Å²) in [5.74, 6) is -0.502. The van der Waals surface area contributed by atoms with Crippen LogP contribution >= 0.6 is 0 Å². The van der Waals surface area contributed by atoms with Crippen LogP contribution in [-0.4, -0.2) is 43.9 Å². The molecule has 0 fully saturated rings. The van der Waals surface area contributed by atoms with Gasteiger partial charge < -0.3 is 20.0 Å². The van der Waals surface area contributed by atoms with Crippen LogP contribution in [0.2, 0.25) is 0 Å². The molecule has 0 bridgehead atoms. The van der Waals surface area contributed by atoms with Crippen LogP contribution in [-0.2, 0) is 0 Å². The number of benzene rings is 2. The fraction of sp³-hybridized carbons (Fsp3) is 0.280. The second kappa shape index (κ2) is 9.13. The van der Waals surface area contributed by atoms with Crippen molar-refractivity contribution in [1.82, 2.24) is 19.5 Å². The predicted octanol–water partition coefficient (Wildman–Crippen LogP) is 2.92. The monoisotopic (exact) mass is 476 g/mol. The molecule has 0 saturated heterocycles. The highest BCUT2D eigenvalue weighted by Crippen LogP contribution is 2.32. The lowest BCUT2D eigenvalue weighted by Crippen LogP contribution is -2.32. The first-order valence-corrected chi connectivity index (χ1v) is 11.4. The Balaban J connectivity index is 1.91. The van der Waals surface area contributed by atoms with Gasteiger partial charge in [-0.25, -0.2) is 14.2 Å². The number of hydrogen-bond acceptors (Lipinski definition) is 6. The molecule has 182 valence electrons. The van der Waals surface area contributed by atoms with Crippen LogP contribution in [0.15, 0.2) is 43.6 Å². The number of aromatic hydroxyl groups is 1. The summed E-state index contributed by atoms with van der Waals surface area (Å²) in [4.78, 5) is 51.4. The van der Waals surface area contributed by atoms with Crippen LogP contribution in [0.25, 0.3) is 16.7 Å². The Bertz CT molecular complexity index is 1610. The highest BCUT2D eigenvalue weighted by Gasteiger charge is 2.18. The lowest BCUT2D eigenvalue weighted by molar-refractivity contribution is 0.429. The van der Waals surface area contributed by atoms with Crippen LogP contribution < -0.4 is 21.8 Å². The molecule has 0 aliphatic rings. The number of aromatic nitrogens is 4. The standard InChI is InChI=1S/C25H28N6O4/c1-6-30(7-2)20-11-18-17(27-24(34)28-18)10-19(20)26-12-16-22(32)29-25(35)31(23(16)33)21-14(4)8-13(3)9-15(21)5/h8-12,33H,6-7H2,1-5H3,(H2,27,28,34)(H,29,32,35). The van der Waals surface area contributed by atoms with Crippen molar-refractivity contribution >= 4 is 28.6 Å². The second-order valence-electron chi connectivity index (χ2n) is 8.48. The quantitative estimate of drug-likeness (QED) is 0.317. The molecule has 35 heavy (non-hydrogen) atoms. The van der Waals surface area contributed by atoms with Gasteiger partial charge in [-0.2, -0.15) is 0 Å². The normalized spacial score (nSPS) is 11.6. The number of nitrogens with zero attached hydrogens (tertiary/aromatic N) is 3. The number of fused-ring (bicyclic) bond motifs is 1. The van der Waals surface area contributed by atoms with Crippen molar-refractivity contribution in [2.45, 2.75) is 34.6 Å². The largest absolute Gasteiger partial charge is 0.493 e. The Labute approximate surface area is 200 Å². The summed E-state index contributed by atoms with van der Waals surface area (Å²) in [6, 6.07) is 7.32. The van der Waals surface area contributed by atoms with Crippen molar-refractivity contribution in [1.29, 1.82) is 0 Å². The molecular weight excluding hydrogens is 448 g/mol. The lowest BCUT2D eigenvalue weighted by Gasteiger charge is -2.22. The summed E-state index contributed by atoms with van der Waals surface area (Å²) in [6.07, 6.45) is 1.24. The Morgan fingerprint density at radius 2 is 1.54 bits per heavy atom. The number of imidazole rings is 1. The van der Waals surface area contributed by atoms with Crippen LogP contribution in [0.3, 0.4) is 0 Å². The number of anilines is 1. The molecule has 4 N–H and O–H groups in total. The first-order chi connectivity index (χ1) is 16.6. The van der Waals surface area contributed by atoms with Crippen LogP contribution in [0.5, 0.6) is 5.88 Å². The second-order valence-corrected chi connectivity index (χ2v) is 8.48. The van der Waals surface area contributed by atoms with Gasteiger partial charge in [-0.1, -0.05) is 17.7 Å². The van der Waals surface area contributed by atoms with E-state index in [4.69, 9.17) is 0 Å². The number of aryl methyl sites for hydroxylation is 3.